The van der Waals surface area contributed by atoms with Crippen LogP contribution in [-0.2, 0) is 16.1 Å². The molecule has 2 atom stereocenters. The molecule has 5 nitrogen and oxygen atoms in total. The maximum Gasteiger partial charge on any atom is 0.226 e. The van der Waals surface area contributed by atoms with Crippen molar-refractivity contribution in [1.82, 2.24) is 9.80 Å². The highest BCUT2D eigenvalue weighted by molar-refractivity contribution is 5.82. The van der Waals surface area contributed by atoms with Crippen molar-refractivity contribution in [2.24, 2.45) is 23.5 Å². The first-order chi connectivity index (χ1) is 13.7. The highest BCUT2D eigenvalue weighted by Crippen LogP contribution is 2.35. The van der Waals surface area contributed by atoms with E-state index in [1.165, 1.54) is 5.56 Å². The van der Waals surface area contributed by atoms with Gasteiger partial charge >= 0.3 is 0 Å². The van der Waals surface area contributed by atoms with Gasteiger partial charge < -0.3 is 15.5 Å². The van der Waals surface area contributed by atoms with Gasteiger partial charge in [-0.05, 0) is 56.6 Å². The maximum absolute atomic E-state index is 13.2. The maximum atomic E-state index is 13.2. The van der Waals surface area contributed by atoms with Crippen molar-refractivity contribution in [3.8, 4) is 0 Å². The molecule has 28 heavy (non-hydrogen) atoms. The zero-order chi connectivity index (χ0) is 19.5. The van der Waals surface area contributed by atoms with Crippen molar-refractivity contribution in [2.75, 3.05) is 19.6 Å². The molecule has 3 aliphatic rings. The third-order valence-electron chi connectivity index (χ3n) is 6.90. The van der Waals surface area contributed by atoms with E-state index in [9.17, 15) is 9.59 Å². The molecule has 0 aromatic heterocycles. The summed E-state index contributed by atoms with van der Waals surface area (Å²) in [5.41, 5.74) is 7.06. The standard InChI is InChI=1S/C23H33N3O2/c24-15-19-7-4-8-21(19)23(28)25-13-11-18(12-14-25)22(27)26(20-9-10-20)16-17-5-2-1-3-6-17/h1-3,5-6,18-21H,4,7-16,24H2/t19-,21-/m1/s1. The summed E-state index contributed by atoms with van der Waals surface area (Å²) < 4.78 is 0. The van der Waals surface area contributed by atoms with Gasteiger partial charge in [0.1, 0.15) is 0 Å². The first-order valence-electron chi connectivity index (χ1n) is 11.0. The minimum Gasteiger partial charge on any atom is -0.342 e. The molecule has 1 aromatic rings. The Kier molecular flexibility index (Phi) is 6.00. The fourth-order valence-corrected chi connectivity index (χ4v) is 5.01. The fourth-order valence-electron chi connectivity index (χ4n) is 5.01. The Morgan fingerprint density at radius 1 is 1.00 bits per heavy atom. The fraction of sp³-hybridized carbons (Fsp3) is 0.652. The lowest BCUT2D eigenvalue weighted by Gasteiger charge is -2.36. The van der Waals surface area contributed by atoms with Crippen LogP contribution < -0.4 is 5.73 Å². The van der Waals surface area contributed by atoms with Crippen LogP contribution >= 0.6 is 0 Å². The van der Waals surface area contributed by atoms with Gasteiger partial charge in [-0.25, -0.2) is 0 Å². The van der Waals surface area contributed by atoms with E-state index in [1.807, 2.05) is 23.1 Å². The second-order valence-electron chi connectivity index (χ2n) is 8.82. The molecule has 1 saturated heterocycles. The number of piperidine rings is 1. The number of nitrogens with zero attached hydrogens (tertiary/aromatic N) is 2. The number of carbonyl (C=O) groups is 2. The van der Waals surface area contributed by atoms with Crippen LogP contribution in [0.25, 0.3) is 0 Å². The summed E-state index contributed by atoms with van der Waals surface area (Å²) in [5.74, 6) is 1.09. The first-order valence-corrected chi connectivity index (χ1v) is 11.0. The highest BCUT2D eigenvalue weighted by Gasteiger charge is 2.39. The summed E-state index contributed by atoms with van der Waals surface area (Å²) in [7, 11) is 0. The quantitative estimate of drug-likeness (QED) is 0.821. The second-order valence-corrected chi connectivity index (χ2v) is 8.82. The van der Waals surface area contributed by atoms with Crippen LogP contribution in [0.15, 0.2) is 30.3 Å². The highest BCUT2D eigenvalue weighted by atomic mass is 16.2. The lowest BCUT2D eigenvalue weighted by Crippen LogP contribution is -2.47. The van der Waals surface area contributed by atoms with Crippen LogP contribution in [0.1, 0.15) is 50.5 Å². The summed E-state index contributed by atoms with van der Waals surface area (Å²) in [4.78, 5) is 30.2. The van der Waals surface area contributed by atoms with E-state index in [0.29, 0.717) is 44.0 Å². The summed E-state index contributed by atoms with van der Waals surface area (Å²) >= 11 is 0. The number of rotatable bonds is 6. The normalized spacial score (nSPS) is 25.7. The second kappa shape index (κ2) is 8.64. The number of benzene rings is 1. The zero-order valence-electron chi connectivity index (χ0n) is 16.8. The Morgan fingerprint density at radius 2 is 1.71 bits per heavy atom. The topological polar surface area (TPSA) is 66.6 Å². The van der Waals surface area contributed by atoms with Crippen molar-refractivity contribution in [1.29, 1.82) is 0 Å². The van der Waals surface area contributed by atoms with Crippen LogP contribution in [0, 0.1) is 17.8 Å². The summed E-state index contributed by atoms with van der Waals surface area (Å²) in [5, 5.41) is 0. The molecule has 1 aromatic carbocycles. The molecule has 3 fully saturated rings. The Bertz CT molecular complexity index is 680. The molecule has 1 aliphatic heterocycles. The third-order valence-corrected chi connectivity index (χ3v) is 6.90. The van der Waals surface area contributed by atoms with Gasteiger partial charge in [0, 0.05) is 37.5 Å². The molecule has 2 aliphatic carbocycles. The van der Waals surface area contributed by atoms with Crippen molar-refractivity contribution >= 4 is 11.8 Å². The van der Waals surface area contributed by atoms with Crippen molar-refractivity contribution in [2.45, 2.75) is 57.5 Å². The van der Waals surface area contributed by atoms with Gasteiger partial charge in [-0.3, -0.25) is 9.59 Å². The Morgan fingerprint density at radius 3 is 2.36 bits per heavy atom. The molecule has 152 valence electrons. The van der Waals surface area contributed by atoms with E-state index in [2.05, 4.69) is 17.0 Å². The number of hydrogen-bond acceptors (Lipinski definition) is 3. The number of amides is 2. The van der Waals surface area contributed by atoms with Gasteiger partial charge in [0.15, 0.2) is 0 Å². The summed E-state index contributed by atoms with van der Waals surface area (Å²) in [6.07, 6.45) is 7.01. The van der Waals surface area contributed by atoms with Gasteiger partial charge in [-0.2, -0.15) is 0 Å². The van der Waals surface area contributed by atoms with E-state index < -0.39 is 0 Å². The van der Waals surface area contributed by atoms with Crippen LogP contribution in [-0.4, -0.2) is 47.3 Å². The number of nitrogens with two attached hydrogens (primary N) is 1. The largest absolute Gasteiger partial charge is 0.342 e. The van der Waals surface area contributed by atoms with Gasteiger partial charge in [0.25, 0.3) is 0 Å². The number of likely N-dealkylation sites (tertiary alicyclic amines) is 1. The molecule has 0 bridgehead atoms. The first kappa shape index (κ1) is 19.4. The van der Waals surface area contributed by atoms with Crippen LogP contribution in [0.4, 0.5) is 0 Å². The van der Waals surface area contributed by atoms with Crippen molar-refractivity contribution in [3.05, 3.63) is 35.9 Å². The van der Waals surface area contributed by atoms with Gasteiger partial charge in [0.05, 0.1) is 0 Å². The van der Waals surface area contributed by atoms with E-state index in [-0.39, 0.29) is 17.7 Å². The Hall–Kier alpha value is -1.88. The monoisotopic (exact) mass is 383 g/mol. The molecule has 2 amide bonds. The Labute approximate surface area is 168 Å². The molecule has 1 heterocycles. The molecule has 2 saturated carbocycles. The smallest absolute Gasteiger partial charge is 0.226 e. The van der Waals surface area contributed by atoms with E-state index in [4.69, 9.17) is 5.73 Å². The van der Waals surface area contributed by atoms with Crippen molar-refractivity contribution in [3.63, 3.8) is 0 Å². The lowest BCUT2D eigenvalue weighted by atomic mass is 9.91. The average Bonchev–Trinajstić information content (AvgIpc) is 3.48. The molecule has 0 spiro atoms. The molecular formula is C23H33N3O2. The minimum atomic E-state index is 0.0576. The molecule has 5 heteroatoms. The lowest BCUT2D eigenvalue weighted by molar-refractivity contribution is -0.143. The molecule has 0 radical (unpaired) electrons. The SMILES string of the molecule is NC[C@H]1CCC[C@H]1C(=O)N1CCC(C(=O)N(Cc2ccccc2)C2CC2)CC1. The Balaban J connectivity index is 1.33. The minimum absolute atomic E-state index is 0.0576. The summed E-state index contributed by atoms with van der Waals surface area (Å²) in [6, 6.07) is 10.7. The summed E-state index contributed by atoms with van der Waals surface area (Å²) in [6.45, 7) is 2.75. The zero-order valence-corrected chi connectivity index (χ0v) is 16.8. The van der Waals surface area contributed by atoms with E-state index in [0.717, 1.165) is 44.9 Å². The van der Waals surface area contributed by atoms with Crippen LogP contribution in [0.3, 0.4) is 0 Å². The van der Waals surface area contributed by atoms with Gasteiger partial charge in [-0.1, -0.05) is 36.8 Å². The van der Waals surface area contributed by atoms with Gasteiger partial charge in [0.2, 0.25) is 11.8 Å². The predicted octanol–water partition coefficient (Wildman–Crippen LogP) is 2.79. The number of hydrogen-bond donors (Lipinski definition) is 1. The van der Waals surface area contributed by atoms with Crippen LogP contribution in [0.2, 0.25) is 0 Å². The van der Waals surface area contributed by atoms with Crippen molar-refractivity contribution < 1.29 is 9.59 Å². The average molecular weight is 384 g/mol. The van der Waals surface area contributed by atoms with E-state index in [1.54, 1.807) is 0 Å². The molecule has 2 N–H and O–H groups in total. The molecule has 4 rings (SSSR count). The molecule has 0 unspecified atom stereocenters. The van der Waals surface area contributed by atoms with E-state index >= 15 is 0 Å². The van der Waals surface area contributed by atoms with Crippen LogP contribution in [0.5, 0.6) is 0 Å². The van der Waals surface area contributed by atoms with Gasteiger partial charge in [-0.15, -0.1) is 0 Å². The predicted molar refractivity (Wildman–Crippen MR) is 109 cm³/mol. The molecular weight excluding hydrogens is 350 g/mol. The number of carbonyl (C=O) groups excluding carboxylic acids is 2. The third kappa shape index (κ3) is 4.24.